The number of halogens is 1. The summed E-state index contributed by atoms with van der Waals surface area (Å²) in [5, 5.41) is 1.32. The Morgan fingerprint density at radius 3 is 2.72 bits per heavy atom. The Hall–Kier alpha value is -0.840. The number of aryl methyl sites for hydroxylation is 1. The Balaban J connectivity index is 2.19. The van der Waals surface area contributed by atoms with Gasteiger partial charge in [0.25, 0.3) is 0 Å². The lowest BCUT2D eigenvalue weighted by Gasteiger charge is -2.30. The molecule has 0 N–H and O–H groups in total. The summed E-state index contributed by atoms with van der Waals surface area (Å²) < 4.78 is 1.30. The van der Waals surface area contributed by atoms with Crippen LogP contribution in [0.3, 0.4) is 0 Å². The topological polar surface area (TPSA) is 16.1 Å². The van der Waals surface area contributed by atoms with Gasteiger partial charge in [0.2, 0.25) is 0 Å². The van der Waals surface area contributed by atoms with Crippen LogP contribution in [0, 0.1) is 10.5 Å². The molecule has 1 fully saturated rings. The number of hydrogen-bond donors (Lipinski definition) is 0. The van der Waals surface area contributed by atoms with E-state index in [4.69, 9.17) is 0 Å². The van der Waals surface area contributed by atoms with Crippen LogP contribution in [0.1, 0.15) is 25.0 Å². The number of nitrogens with zero attached hydrogens (tertiary/aromatic N) is 2. The third kappa shape index (κ3) is 2.20. The Labute approximate surface area is 122 Å². The highest BCUT2D eigenvalue weighted by Crippen LogP contribution is 2.32. The highest BCUT2D eigenvalue weighted by Gasteiger charge is 2.16. The van der Waals surface area contributed by atoms with Crippen LogP contribution in [-0.4, -0.2) is 18.1 Å². The maximum atomic E-state index is 4.66. The molecule has 94 valence electrons. The van der Waals surface area contributed by atoms with Crippen molar-refractivity contribution in [2.24, 2.45) is 0 Å². The molecule has 0 bridgehead atoms. The van der Waals surface area contributed by atoms with E-state index in [-0.39, 0.29) is 0 Å². The molecule has 0 aliphatic carbocycles. The lowest BCUT2D eigenvalue weighted by Crippen LogP contribution is -2.29. The summed E-state index contributed by atoms with van der Waals surface area (Å²) in [4.78, 5) is 7.19. The molecule has 0 spiro atoms. The number of piperidine rings is 1. The summed E-state index contributed by atoms with van der Waals surface area (Å²) in [7, 11) is 0. The first-order valence-corrected chi connectivity index (χ1v) is 7.64. The molecule has 1 aliphatic heterocycles. The van der Waals surface area contributed by atoms with Crippen LogP contribution in [0.15, 0.2) is 24.3 Å². The summed E-state index contributed by atoms with van der Waals surface area (Å²) in [6.45, 7) is 4.46. The summed E-state index contributed by atoms with van der Waals surface area (Å²) in [6, 6.07) is 8.64. The summed E-state index contributed by atoms with van der Waals surface area (Å²) >= 11 is 2.42. The molecule has 3 rings (SSSR count). The Morgan fingerprint density at radius 1 is 1.17 bits per heavy atom. The fourth-order valence-electron chi connectivity index (χ4n) is 2.74. The van der Waals surface area contributed by atoms with Gasteiger partial charge in [0.1, 0.15) is 0 Å². The van der Waals surface area contributed by atoms with Crippen LogP contribution in [0.5, 0.6) is 0 Å². The van der Waals surface area contributed by atoms with E-state index in [0.29, 0.717) is 0 Å². The maximum absolute atomic E-state index is 4.66. The van der Waals surface area contributed by atoms with E-state index in [1.165, 1.54) is 47.0 Å². The molecule has 1 saturated heterocycles. The number of pyridine rings is 1. The molecule has 18 heavy (non-hydrogen) atoms. The van der Waals surface area contributed by atoms with Gasteiger partial charge in [0, 0.05) is 33.4 Å². The summed E-state index contributed by atoms with van der Waals surface area (Å²) in [5.74, 6) is 0. The van der Waals surface area contributed by atoms with Gasteiger partial charge in [0.15, 0.2) is 0 Å². The molecule has 1 aromatic carbocycles. The van der Waals surface area contributed by atoms with Gasteiger partial charge in [-0.15, -0.1) is 0 Å². The molecule has 2 aromatic rings. The second kappa shape index (κ2) is 5.03. The largest absolute Gasteiger partial charge is 0.371 e. The van der Waals surface area contributed by atoms with Crippen molar-refractivity contribution in [3.8, 4) is 0 Å². The van der Waals surface area contributed by atoms with Crippen LogP contribution in [-0.2, 0) is 0 Å². The normalized spacial score (nSPS) is 16.2. The molecule has 3 heteroatoms. The quantitative estimate of drug-likeness (QED) is 0.718. The van der Waals surface area contributed by atoms with Gasteiger partial charge in [-0.05, 0) is 67.0 Å². The molecular formula is C15H17IN2. The van der Waals surface area contributed by atoms with Crippen molar-refractivity contribution in [1.29, 1.82) is 0 Å². The first kappa shape index (κ1) is 12.2. The molecule has 2 nitrogen and oxygen atoms in total. The van der Waals surface area contributed by atoms with E-state index < -0.39 is 0 Å². The number of fused-ring (bicyclic) bond motifs is 1. The van der Waals surface area contributed by atoms with Crippen molar-refractivity contribution in [1.82, 2.24) is 4.98 Å². The number of rotatable bonds is 1. The summed E-state index contributed by atoms with van der Waals surface area (Å²) in [6.07, 6.45) is 3.99. The number of aromatic nitrogens is 1. The van der Waals surface area contributed by atoms with Crippen molar-refractivity contribution >= 4 is 39.2 Å². The van der Waals surface area contributed by atoms with E-state index in [1.807, 2.05) is 0 Å². The van der Waals surface area contributed by atoms with Crippen molar-refractivity contribution in [2.75, 3.05) is 18.0 Å². The van der Waals surface area contributed by atoms with Gasteiger partial charge < -0.3 is 4.90 Å². The molecular weight excluding hydrogens is 335 g/mol. The van der Waals surface area contributed by atoms with Crippen LogP contribution in [0.25, 0.3) is 10.9 Å². The van der Waals surface area contributed by atoms with Crippen LogP contribution < -0.4 is 4.90 Å². The minimum atomic E-state index is 1.12. The van der Waals surface area contributed by atoms with Crippen molar-refractivity contribution in [3.05, 3.63) is 33.5 Å². The average molecular weight is 352 g/mol. The zero-order chi connectivity index (χ0) is 12.5. The highest BCUT2D eigenvalue weighted by atomic mass is 127. The van der Waals surface area contributed by atoms with Crippen molar-refractivity contribution in [3.63, 3.8) is 0 Å². The van der Waals surface area contributed by atoms with E-state index >= 15 is 0 Å². The smallest absolute Gasteiger partial charge is 0.0736 e. The van der Waals surface area contributed by atoms with Crippen molar-refractivity contribution in [2.45, 2.75) is 26.2 Å². The zero-order valence-electron chi connectivity index (χ0n) is 10.6. The summed E-state index contributed by atoms with van der Waals surface area (Å²) in [5.41, 5.74) is 3.62. The monoisotopic (exact) mass is 352 g/mol. The second-order valence-electron chi connectivity index (χ2n) is 4.96. The number of benzene rings is 1. The molecule has 0 atom stereocenters. The van der Waals surface area contributed by atoms with Gasteiger partial charge in [-0.25, -0.2) is 0 Å². The molecule has 0 saturated carbocycles. The van der Waals surface area contributed by atoms with E-state index in [9.17, 15) is 0 Å². The van der Waals surface area contributed by atoms with Gasteiger partial charge >= 0.3 is 0 Å². The van der Waals surface area contributed by atoms with Gasteiger partial charge in [-0.1, -0.05) is 6.07 Å². The predicted octanol–water partition coefficient (Wildman–Crippen LogP) is 4.14. The molecule has 0 radical (unpaired) electrons. The predicted molar refractivity (Wildman–Crippen MR) is 85.3 cm³/mol. The van der Waals surface area contributed by atoms with Gasteiger partial charge in [-0.2, -0.15) is 0 Å². The third-order valence-corrected chi connectivity index (χ3v) is 4.49. The molecule has 0 amide bonds. The van der Waals surface area contributed by atoms with Crippen LogP contribution >= 0.6 is 22.6 Å². The Bertz CT molecular complexity index is 574. The fraction of sp³-hybridized carbons (Fsp3) is 0.400. The number of anilines is 1. The van der Waals surface area contributed by atoms with E-state index in [0.717, 1.165) is 11.2 Å². The standard InChI is InChI=1S/C15H17IN2/c1-11-10-14(18-8-3-2-4-9-18)15-12(16)6-5-7-13(15)17-11/h5-7,10H,2-4,8-9H2,1H3. The highest BCUT2D eigenvalue weighted by molar-refractivity contribution is 14.1. The maximum Gasteiger partial charge on any atom is 0.0736 e. The van der Waals surface area contributed by atoms with Crippen LogP contribution in [0.2, 0.25) is 0 Å². The molecule has 1 aliphatic rings. The van der Waals surface area contributed by atoms with Crippen LogP contribution in [0.4, 0.5) is 5.69 Å². The Kier molecular flexibility index (Phi) is 3.41. The van der Waals surface area contributed by atoms with Gasteiger partial charge in [0.05, 0.1) is 5.52 Å². The minimum absolute atomic E-state index is 1.12. The van der Waals surface area contributed by atoms with Crippen molar-refractivity contribution < 1.29 is 0 Å². The average Bonchev–Trinajstić information content (AvgIpc) is 2.39. The minimum Gasteiger partial charge on any atom is -0.371 e. The van der Waals surface area contributed by atoms with E-state index in [1.54, 1.807) is 0 Å². The lowest BCUT2D eigenvalue weighted by molar-refractivity contribution is 0.579. The lowest BCUT2D eigenvalue weighted by atomic mass is 10.1. The SMILES string of the molecule is Cc1cc(N2CCCCC2)c2c(I)cccc2n1. The third-order valence-electron chi connectivity index (χ3n) is 3.59. The second-order valence-corrected chi connectivity index (χ2v) is 6.13. The first-order chi connectivity index (χ1) is 8.75. The van der Waals surface area contributed by atoms with E-state index in [2.05, 4.69) is 63.7 Å². The zero-order valence-corrected chi connectivity index (χ0v) is 12.8. The molecule has 0 unspecified atom stereocenters. The number of hydrogen-bond acceptors (Lipinski definition) is 2. The molecule has 2 heterocycles. The first-order valence-electron chi connectivity index (χ1n) is 6.56. The van der Waals surface area contributed by atoms with Gasteiger partial charge in [-0.3, -0.25) is 4.98 Å². The fourth-order valence-corrected chi connectivity index (χ4v) is 3.50. The molecule has 1 aromatic heterocycles. The Morgan fingerprint density at radius 2 is 1.94 bits per heavy atom.